The average molecular weight is 326 g/mol. The summed E-state index contributed by atoms with van der Waals surface area (Å²) < 4.78 is 38.3. The lowest BCUT2D eigenvalue weighted by Crippen LogP contribution is -2.38. The van der Waals surface area contributed by atoms with Gasteiger partial charge in [0.2, 0.25) is 0 Å². The Morgan fingerprint density at radius 2 is 1.86 bits per heavy atom. The van der Waals surface area contributed by atoms with Gasteiger partial charge in [0.05, 0.1) is 13.2 Å². The van der Waals surface area contributed by atoms with Crippen LogP contribution < -0.4 is 9.47 Å². The van der Waals surface area contributed by atoms with Gasteiger partial charge < -0.3 is 9.47 Å². The molecule has 0 bridgehead atoms. The van der Waals surface area contributed by atoms with E-state index in [1.807, 2.05) is 0 Å². The van der Waals surface area contributed by atoms with Gasteiger partial charge in [0.15, 0.2) is 0 Å². The minimum Gasteiger partial charge on any atom is -0.493 e. The monoisotopic (exact) mass is 326 g/mol. The lowest BCUT2D eigenvalue weighted by molar-refractivity contribution is 0.351. The summed E-state index contributed by atoms with van der Waals surface area (Å²) in [6, 6.07) is 2.08. The zero-order chi connectivity index (χ0) is 15.9. The lowest BCUT2D eigenvalue weighted by Gasteiger charge is -2.22. The number of fused-ring (bicyclic) bond motifs is 2. The van der Waals surface area contributed by atoms with Crippen LogP contribution in [0.4, 0.5) is 0 Å². The van der Waals surface area contributed by atoms with Crippen LogP contribution in [0.5, 0.6) is 11.5 Å². The van der Waals surface area contributed by atoms with E-state index in [9.17, 15) is 8.42 Å². The van der Waals surface area contributed by atoms with Crippen molar-refractivity contribution in [2.24, 2.45) is 0 Å². The van der Waals surface area contributed by atoms with E-state index in [1.54, 1.807) is 21.1 Å². The van der Waals surface area contributed by atoms with Gasteiger partial charge in [0.1, 0.15) is 11.5 Å². The van der Waals surface area contributed by atoms with E-state index in [2.05, 4.69) is 6.07 Å². The molecule has 0 saturated carbocycles. The van der Waals surface area contributed by atoms with E-state index in [-0.39, 0.29) is 0 Å². The molecule has 3 rings (SSSR count). The molecule has 2 heterocycles. The summed E-state index contributed by atoms with van der Waals surface area (Å²) in [5.74, 6) is 1.89. The van der Waals surface area contributed by atoms with Crippen LogP contribution in [0.25, 0.3) is 0 Å². The molecular weight excluding hydrogens is 304 g/mol. The second-order valence-electron chi connectivity index (χ2n) is 5.88. The molecule has 0 fully saturated rings. The van der Waals surface area contributed by atoms with Crippen LogP contribution >= 0.6 is 0 Å². The first-order valence-corrected chi connectivity index (χ1v) is 8.88. The zero-order valence-electron chi connectivity index (χ0n) is 13.3. The summed E-state index contributed by atoms with van der Waals surface area (Å²) >= 11 is 0. The quantitative estimate of drug-likeness (QED) is 0.804. The van der Waals surface area contributed by atoms with Gasteiger partial charge in [-0.2, -0.15) is 17.0 Å². The summed E-state index contributed by atoms with van der Waals surface area (Å²) in [4.78, 5) is 0. The Kier molecular flexibility index (Phi) is 4.05. The molecule has 6 nitrogen and oxygen atoms in total. The Morgan fingerprint density at radius 3 is 2.59 bits per heavy atom. The minimum atomic E-state index is -3.38. The zero-order valence-corrected chi connectivity index (χ0v) is 14.1. The maximum Gasteiger partial charge on any atom is 0.281 e. The third-order valence-corrected chi connectivity index (χ3v) is 6.19. The molecule has 0 aromatic heterocycles. The van der Waals surface area contributed by atoms with Gasteiger partial charge in [0, 0.05) is 57.2 Å². The molecule has 1 aromatic carbocycles. The normalized spacial score (nSPS) is 16.6. The highest BCUT2D eigenvalue weighted by molar-refractivity contribution is 7.86. The third kappa shape index (κ3) is 2.57. The van der Waals surface area contributed by atoms with Crippen molar-refractivity contribution in [2.45, 2.75) is 19.3 Å². The molecule has 1 aromatic rings. The van der Waals surface area contributed by atoms with Crippen LogP contribution in [0.15, 0.2) is 6.07 Å². The second-order valence-corrected chi connectivity index (χ2v) is 8.13. The van der Waals surface area contributed by atoms with Crippen molar-refractivity contribution >= 4 is 10.2 Å². The van der Waals surface area contributed by atoms with Crippen molar-refractivity contribution in [3.8, 4) is 11.5 Å². The fourth-order valence-corrected chi connectivity index (χ4v) is 3.89. The molecular formula is C15H22N2O4S. The predicted molar refractivity (Wildman–Crippen MR) is 83.8 cm³/mol. The molecule has 2 aliphatic heterocycles. The molecule has 0 N–H and O–H groups in total. The maximum atomic E-state index is 12.1. The number of nitrogens with zero attached hydrogens (tertiary/aromatic N) is 2. The number of hydrogen-bond acceptors (Lipinski definition) is 4. The van der Waals surface area contributed by atoms with Crippen LogP contribution in [0.2, 0.25) is 0 Å². The number of ether oxygens (including phenoxy) is 2. The first kappa shape index (κ1) is 15.6. The Hall–Kier alpha value is -1.31. The molecule has 0 saturated heterocycles. The predicted octanol–water partition coefficient (Wildman–Crippen LogP) is 0.837. The van der Waals surface area contributed by atoms with Crippen molar-refractivity contribution in [1.29, 1.82) is 0 Å². The van der Waals surface area contributed by atoms with Gasteiger partial charge in [-0.3, -0.25) is 0 Å². The number of benzene rings is 1. The SMILES string of the molecule is CN(C)S(=O)(=O)N(C)CCc1c2c(cc3c1OCC3)OCC2. The van der Waals surface area contributed by atoms with Gasteiger partial charge in [-0.15, -0.1) is 0 Å². The molecule has 0 radical (unpaired) electrons. The molecule has 0 spiro atoms. The molecule has 7 heteroatoms. The van der Waals surface area contributed by atoms with E-state index in [0.717, 1.165) is 29.9 Å². The topological polar surface area (TPSA) is 59.1 Å². The van der Waals surface area contributed by atoms with E-state index in [4.69, 9.17) is 9.47 Å². The Balaban J connectivity index is 1.85. The number of rotatable bonds is 5. The van der Waals surface area contributed by atoms with Crippen molar-refractivity contribution in [3.63, 3.8) is 0 Å². The van der Waals surface area contributed by atoms with Crippen molar-refractivity contribution < 1.29 is 17.9 Å². The maximum absolute atomic E-state index is 12.1. The molecule has 0 unspecified atom stereocenters. The Bertz CT molecular complexity index is 653. The van der Waals surface area contributed by atoms with Gasteiger partial charge in [-0.25, -0.2) is 0 Å². The summed E-state index contributed by atoms with van der Waals surface area (Å²) in [5, 5.41) is 0. The van der Waals surface area contributed by atoms with E-state index < -0.39 is 10.2 Å². The summed E-state index contributed by atoms with van der Waals surface area (Å²) in [6.07, 6.45) is 2.40. The third-order valence-electron chi connectivity index (χ3n) is 4.29. The van der Waals surface area contributed by atoms with Gasteiger partial charge in [0.25, 0.3) is 10.2 Å². The molecule has 0 aliphatic carbocycles. The van der Waals surface area contributed by atoms with Crippen LogP contribution in [-0.2, 0) is 29.5 Å². The molecule has 0 atom stereocenters. The van der Waals surface area contributed by atoms with Gasteiger partial charge in [-0.05, 0) is 12.5 Å². The number of hydrogen-bond donors (Lipinski definition) is 0. The van der Waals surface area contributed by atoms with Gasteiger partial charge in [-0.1, -0.05) is 0 Å². The highest BCUT2D eigenvalue weighted by Crippen LogP contribution is 2.40. The molecule has 22 heavy (non-hydrogen) atoms. The summed E-state index contributed by atoms with van der Waals surface area (Å²) in [5.41, 5.74) is 3.47. The molecule has 0 amide bonds. The van der Waals surface area contributed by atoms with Crippen molar-refractivity contribution in [3.05, 3.63) is 22.8 Å². The fraction of sp³-hybridized carbons (Fsp3) is 0.600. The Labute approximate surface area is 131 Å². The number of likely N-dealkylation sites (N-methyl/N-ethyl adjacent to an activating group) is 1. The fourth-order valence-electron chi connectivity index (χ4n) is 3.01. The first-order chi connectivity index (χ1) is 10.4. The Morgan fingerprint density at radius 1 is 1.14 bits per heavy atom. The average Bonchev–Trinajstić information content (AvgIpc) is 3.10. The smallest absolute Gasteiger partial charge is 0.281 e. The summed E-state index contributed by atoms with van der Waals surface area (Å²) in [6.45, 7) is 1.81. The minimum absolute atomic E-state index is 0.423. The van der Waals surface area contributed by atoms with Crippen LogP contribution in [0.3, 0.4) is 0 Å². The van der Waals surface area contributed by atoms with Crippen LogP contribution in [-0.4, -0.2) is 57.9 Å². The largest absolute Gasteiger partial charge is 0.493 e. The van der Waals surface area contributed by atoms with Crippen molar-refractivity contribution in [1.82, 2.24) is 8.61 Å². The van der Waals surface area contributed by atoms with Crippen LogP contribution in [0, 0.1) is 0 Å². The standard InChI is InChI=1S/C15H22N2O4S/c1-16(2)22(18,19)17(3)7-4-13-12-6-9-20-14(12)10-11-5-8-21-15(11)13/h10H,4-9H2,1-3H3. The highest BCUT2D eigenvalue weighted by atomic mass is 32.2. The summed E-state index contributed by atoms with van der Waals surface area (Å²) in [7, 11) is 1.31. The van der Waals surface area contributed by atoms with E-state index in [0.29, 0.717) is 26.2 Å². The van der Waals surface area contributed by atoms with Gasteiger partial charge >= 0.3 is 0 Å². The molecule has 2 aliphatic rings. The highest BCUT2D eigenvalue weighted by Gasteiger charge is 2.27. The first-order valence-electron chi connectivity index (χ1n) is 7.48. The van der Waals surface area contributed by atoms with Crippen LogP contribution in [0.1, 0.15) is 16.7 Å². The van der Waals surface area contributed by atoms with Crippen molar-refractivity contribution in [2.75, 3.05) is 40.9 Å². The van der Waals surface area contributed by atoms with E-state index >= 15 is 0 Å². The second kappa shape index (κ2) is 5.72. The van der Waals surface area contributed by atoms with E-state index in [1.165, 1.54) is 19.7 Å². The lowest BCUT2D eigenvalue weighted by atomic mass is 9.97. The molecule has 122 valence electrons.